The van der Waals surface area contributed by atoms with Crippen molar-refractivity contribution in [3.8, 4) is 0 Å². The van der Waals surface area contributed by atoms with Crippen molar-refractivity contribution in [2.24, 2.45) is 0 Å². The molecule has 1 heterocycles. The minimum Gasteiger partial charge on any atom is -0.352 e. The van der Waals surface area contributed by atoms with E-state index < -0.39 is 15.1 Å². The third-order valence-electron chi connectivity index (χ3n) is 2.68. The van der Waals surface area contributed by atoms with Crippen LogP contribution in [0.3, 0.4) is 0 Å². The molecule has 0 saturated heterocycles. The Morgan fingerprint density at radius 3 is 2.21 bits per heavy atom. The van der Waals surface area contributed by atoms with Crippen LogP contribution in [0.15, 0.2) is 4.90 Å². The second-order valence-electron chi connectivity index (χ2n) is 4.72. The molecule has 0 aliphatic carbocycles. The molecule has 108 valence electrons. The summed E-state index contributed by atoms with van der Waals surface area (Å²) in [4.78, 5) is 11.9. The summed E-state index contributed by atoms with van der Waals surface area (Å²) in [7, 11) is 1.50. The molecule has 0 aromatic carbocycles. The van der Waals surface area contributed by atoms with Gasteiger partial charge in [-0.3, -0.25) is 9.48 Å². The number of aromatic nitrogens is 2. The van der Waals surface area contributed by atoms with Crippen LogP contribution in [0.5, 0.6) is 0 Å². The lowest BCUT2D eigenvalue weighted by atomic mass is 10.2. The van der Waals surface area contributed by atoms with E-state index >= 15 is 0 Å². The first-order valence-corrected chi connectivity index (χ1v) is 8.17. The highest BCUT2D eigenvalue weighted by Gasteiger charge is 2.26. The lowest BCUT2D eigenvalue weighted by Crippen LogP contribution is -2.36. The topological polar surface area (TPSA) is 81.1 Å². The number of carbonyl (C=O) groups excluding carboxylic acids is 1. The average Bonchev–Trinajstić information content (AvgIpc) is 2.51. The van der Waals surface area contributed by atoms with Gasteiger partial charge in [0.1, 0.15) is 10.9 Å². The van der Waals surface area contributed by atoms with E-state index in [-0.39, 0.29) is 22.5 Å². The number of hydrogen-bond donors (Lipinski definition) is 1. The molecule has 0 aliphatic rings. The van der Waals surface area contributed by atoms with Gasteiger partial charge in [0.2, 0.25) is 5.91 Å². The van der Waals surface area contributed by atoms with E-state index in [1.807, 2.05) is 13.8 Å². The van der Waals surface area contributed by atoms with Gasteiger partial charge in [-0.05, 0) is 34.6 Å². The number of nitrogens with one attached hydrogen (secondary N) is 1. The van der Waals surface area contributed by atoms with E-state index in [1.165, 1.54) is 4.68 Å². The van der Waals surface area contributed by atoms with Crippen molar-refractivity contribution in [3.05, 3.63) is 11.4 Å². The number of rotatable bonds is 4. The van der Waals surface area contributed by atoms with Crippen LogP contribution in [0.4, 0.5) is 0 Å². The fourth-order valence-electron chi connectivity index (χ4n) is 1.89. The fraction of sp³-hybridized carbons (Fsp3) is 0.636. The highest BCUT2D eigenvalue weighted by Crippen LogP contribution is 2.25. The van der Waals surface area contributed by atoms with E-state index in [0.29, 0.717) is 5.69 Å². The lowest BCUT2D eigenvalue weighted by molar-refractivity contribution is -0.124. The van der Waals surface area contributed by atoms with E-state index in [0.717, 1.165) is 0 Å². The molecule has 1 aromatic heterocycles. The van der Waals surface area contributed by atoms with Crippen LogP contribution in [0.25, 0.3) is 0 Å². The van der Waals surface area contributed by atoms with Crippen molar-refractivity contribution in [1.29, 1.82) is 0 Å². The SMILES string of the molecule is Cc1nn(C(C)C(=O)NC(C)C)c(C)c1S(=O)(=O)Cl. The van der Waals surface area contributed by atoms with Crippen molar-refractivity contribution in [2.45, 2.75) is 51.6 Å². The standard InChI is InChI=1S/C11H18ClN3O3S/c1-6(2)13-11(16)9(5)15-8(4)10(7(3)14-15)19(12,17)18/h6,9H,1-5H3,(H,13,16). The zero-order valence-electron chi connectivity index (χ0n) is 11.6. The van der Waals surface area contributed by atoms with Crippen molar-refractivity contribution in [1.82, 2.24) is 15.1 Å². The molecular formula is C11H18ClN3O3S. The summed E-state index contributed by atoms with van der Waals surface area (Å²) < 4.78 is 24.3. The molecule has 1 aromatic rings. The monoisotopic (exact) mass is 307 g/mol. The fourth-order valence-corrected chi connectivity index (χ4v) is 3.40. The number of nitrogens with zero attached hydrogens (tertiary/aromatic N) is 2. The molecule has 0 radical (unpaired) electrons. The second-order valence-corrected chi connectivity index (χ2v) is 7.22. The third-order valence-corrected chi connectivity index (χ3v) is 4.22. The van der Waals surface area contributed by atoms with E-state index in [2.05, 4.69) is 10.4 Å². The van der Waals surface area contributed by atoms with Gasteiger partial charge >= 0.3 is 0 Å². The average molecular weight is 308 g/mol. The number of aryl methyl sites for hydroxylation is 1. The first kappa shape index (κ1) is 16.0. The minimum atomic E-state index is -3.87. The van der Waals surface area contributed by atoms with Gasteiger partial charge in [0.05, 0.1) is 11.4 Å². The number of hydrogen-bond acceptors (Lipinski definition) is 4. The highest BCUT2D eigenvalue weighted by molar-refractivity contribution is 8.13. The number of amides is 1. The van der Waals surface area contributed by atoms with Gasteiger partial charge < -0.3 is 5.32 Å². The Morgan fingerprint density at radius 1 is 1.32 bits per heavy atom. The Hall–Kier alpha value is -1.08. The normalized spacial score (nSPS) is 13.6. The maximum Gasteiger partial charge on any atom is 0.264 e. The molecule has 0 saturated carbocycles. The molecule has 0 bridgehead atoms. The molecule has 0 fully saturated rings. The first-order valence-electron chi connectivity index (χ1n) is 5.86. The van der Waals surface area contributed by atoms with Crippen LogP contribution in [-0.4, -0.2) is 30.1 Å². The zero-order valence-corrected chi connectivity index (χ0v) is 13.1. The Morgan fingerprint density at radius 2 is 1.84 bits per heavy atom. The smallest absolute Gasteiger partial charge is 0.264 e. The van der Waals surface area contributed by atoms with Gasteiger partial charge in [0.15, 0.2) is 0 Å². The summed E-state index contributed by atoms with van der Waals surface area (Å²) in [5, 5.41) is 6.85. The quantitative estimate of drug-likeness (QED) is 0.855. The summed E-state index contributed by atoms with van der Waals surface area (Å²) in [6.45, 7) is 8.48. The highest BCUT2D eigenvalue weighted by atomic mass is 35.7. The molecule has 1 unspecified atom stereocenters. The Kier molecular flexibility index (Phi) is 4.63. The Bertz CT molecular complexity index is 593. The summed E-state index contributed by atoms with van der Waals surface area (Å²) in [5.41, 5.74) is 0.649. The van der Waals surface area contributed by atoms with Gasteiger partial charge in [0.25, 0.3) is 9.05 Å². The van der Waals surface area contributed by atoms with Crippen molar-refractivity contribution in [2.75, 3.05) is 0 Å². The molecule has 0 spiro atoms. The lowest BCUT2D eigenvalue weighted by Gasteiger charge is -2.16. The molecule has 6 nitrogen and oxygen atoms in total. The van der Waals surface area contributed by atoms with Crippen molar-refractivity contribution >= 4 is 25.6 Å². The first-order chi connectivity index (χ1) is 8.55. The predicted octanol–water partition coefficient (Wildman–Crippen LogP) is 1.51. The van der Waals surface area contributed by atoms with Gasteiger partial charge in [-0.25, -0.2) is 8.42 Å². The van der Waals surface area contributed by atoms with Gasteiger partial charge in [-0.2, -0.15) is 5.10 Å². The molecule has 1 amide bonds. The van der Waals surface area contributed by atoms with Crippen molar-refractivity contribution < 1.29 is 13.2 Å². The van der Waals surface area contributed by atoms with Gasteiger partial charge in [-0.15, -0.1) is 0 Å². The van der Waals surface area contributed by atoms with Crippen LogP contribution in [0.1, 0.15) is 38.2 Å². The van der Waals surface area contributed by atoms with Crippen LogP contribution < -0.4 is 5.32 Å². The minimum absolute atomic E-state index is 0.00291. The number of halogens is 1. The van der Waals surface area contributed by atoms with Gasteiger partial charge in [0, 0.05) is 16.7 Å². The Labute approximate surface area is 117 Å². The number of carbonyl (C=O) groups is 1. The summed E-state index contributed by atoms with van der Waals surface area (Å²) in [6, 6.07) is -0.601. The predicted molar refractivity (Wildman–Crippen MR) is 72.7 cm³/mol. The Balaban J connectivity index is 3.20. The molecule has 1 atom stereocenters. The third kappa shape index (κ3) is 3.48. The molecule has 8 heteroatoms. The summed E-state index contributed by atoms with van der Waals surface area (Å²) in [6.07, 6.45) is 0. The maximum atomic E-state index is 11.9. The molecular weight excluding hydrogens is 290 g/mol. The van der Waals surface area contributed by atoms with E-state index in [1.54, 1.807) is 20.8 Å². The zero-order chi connectivity index (χ0) is 15.0. The molecule has 1 rings (SSSR count). The molecule has 19 heavy (non-hydrogen) atoms. The van der Waals surface area contributed by atoms with Crippen LogP contribution in [0.2, 0.25) is 0 Å². The van der Waals surface area contributed by atoms with E-state index in [9.17, 15) is 13.2 Å². The molecule has 0 aliphatic heterocycles. The maximum absolute atomic E-state index is 11.9. The van der Waals surface area contributed by atoms with Crippen LogP contribution in [0, 0.1) is 13.8 Å². The van der Waals surface area contributed by atoms with Gasteiger partial charge in [-0.1, -0.05) is 0 Å². The largest absolute Gasteiger partial charge is 0.352 e. The summed E-state index contributed by atoms with van der Waals surface area (Å²) in [5.74, 6) is -0.223. The van der Waals surface area contributed by atoms with Crippen molar-refractivity contribution in [3.63, 3.8) is 0 Å². The molecule has 1 N–H and O–H groups in total. The summed E-state index contributed by atoms with van der Waals surface area (Å²) >= 11 is 0. The van der Waals surface area contributed by atoms with Crippen LogP contribution in [-0.2, 0) is 13.8 Å². The van der Waals surface area contributed by atoms with Crippen LogP contribution >= 0.6 is 10.7 Å². The second kappa shape index (κ2) is 5.50. The van der Waals surface area contributed by atoms with E-state index in [4.69, 9.17) is 10.7 Å².